The predicted octanol–water partition coefficient (Wildman–Crippen LogP) is 5.89. The zero-order valence-corrected chi connectivity index (χ0v) is 22.2. The Morgan fingerprint density at radius 1 is 1.03 bits per heavy atom. The number of aromatic nitrogens is 2. The third-order valence-corrected chi connectivity index (χ3v) is 7.66. The van der Waals surface area contributed by atoms with Gasteiger partial charge in [0, 0.05) is 22.2 Å². The van der Waals surface area contributed by atoms with E-state index in [1.165, 1.54) is 11.8 Å². The van der Waals surface area contributed by atoms with Crippen LogP contribution < -0.4 is 10.2 Å². The third kappa shape index (κ3) is 5.15. The summed E-state index contributed by atoms with van der Waals surface area (Å²) in [6, 6.07) is 27.3. The molecular weight excluding hydrogens is 504 g/mol. The standard InChI is InChI=1S/C29H27ClN4O2S/c1-19(2)31-24(35)17-33-25(36)18-37-28(22-15-9-10-16-23(22)30)26-27(20-11-5-3-6-12-20)32-34(29(26)33)21-13-7-4-8-14-21/h3-16,19,28H,17-18H2,1-2H3,(H,31,35)/t28-/m0/s1. The Morgan fingerprint density at radius 2 is 1.68 bits per heavy atom. The van der Waals surface area contributed by atoms with E-state index in [4.69, 9.17) is 16.7 Å². The van der Waals surface area contributed by atoms with Crippen molar-refractivity contribution in [3.05, 3.63) is 101 Å². The lowest BCUT2D eigenvalue weighted by molar-refractivity contribution is -0.123. The van der Waals surface area contributed by atoms with E-state index in [9.17, 15) is 9.59 Å². The van der Waals surface area contributed by atoms with Gasteiger partial charge in [-0.3, -0.25) is 14.5 Å². The molecule has 37 heavy (non-hydrogen) atoms. The fraction of sp³-hybridized carbons (Fsp3) is 0.207. The largest absolute Gasteiger partial charge is 0.352 e. The molecule has 0 radical (unpaired) electrons. The number of hydrogen-bond acceptors (Lipinski definition) is 4. The van der Waals surface area contributed by atoms with Gasteiger partial charge in [-0.15, -0.1) is 11.8 Å². The number of carbonyl (C=O) groups is 2. The summed E-state index contributed by atoms with van der Waals surface area (Å²) in [6.07, 6.45) is 0. The molecule has 4 aromatic rings. The molecule has 2 amide bonds. The van der Waals surface area contributed by atoms with E-state index in [2.05, 4.69) is 5.32 Å². The van der Waals surface area contributed by atoms with Crippen LogP contribution in [-0.2, 0) is 9.59 Å². The van der Waals surface area contributed by atoms with Gasteiger partial charge in [-0.1, -0.05) is 78.3 Å². The predicted molar refractivity (Wildman–Crippen MR) is 150 cm³/mol. The molecule has 2 heterocycles. The molecular formula is C29H27ClN4O2S. The van der Waals surface area contributed by atoms with Crippen molar-refractivity contribution >= 4 is 41.0 Å². The molecule has 188 valence electrons. The Labute approximate surface area is 225 Å². The molecule has 1 aromatic heterocycles. The summed E-state index contributed by atoms with van der Waals surface area (Å²) in [5, 5.41) is 8.34. The number of rotatable bonds is 6. The van der Waals surface area contributed by atoms with Crippen LogP contribution in [0, 0.1) is 0 Å². The maximum Gasteiger partial charge on any atom is 0.240 e. The topological polar surface area (TPSA) is 67.2 Å². The second-order valence-electron chi connectivity index (χ2n) is 9.11. The summed E-state index contributed by atoms with van der Waals surface area (Å²) in [5.41, 5.74) is 4.23. The minimum Gasteiger partial charge on any atom is -0.352 e. The molecule has 8 heteroatoms. The van der Waals surface area contributed by atoms with Crippen LogP contribution in [0.1, 0.15) is 30.2 Å². The van der Waals surface area contributed by atoms with E-state index in [1.54, 1.807) is 9.58 Å². The van der Waals surface area contributed by atoms with Gasteiger partial charge in [-0.25, -0.2) is 4.68 Å². The molecule has 0 spiro atoms. The van der Waals surface area contributed by atoms with Crippen LogP contribution >= 0.6 is 23.4 Å². The number of hydrogen-bond donors (Lipinski definition) is 1. The van der Waals surface area contributed by atoms with Crippen molar-refractivity contribution in [2.45, 2.75) is 25.1 Å². The first-order chi connectivity index (χ1) is 17.9. The van der Waals surface area contributed by atoms with Crippen LogP contribution in [-0.4, -0.2) is 39.9 Å². The molecule has 3 aromatic carbocycles. The molecule has 0 unspecified atom stereocenters. The number of fused-ring (bicyclic) bond motifs is 1. The average Bonchev–Trinajstić information content (AvgIpc) is 3.23. The number of amides is 2. The van der Waals surface area contributed by atoms with E-state index < -0.39 is 0 Å². The van der Waals surface area contributed by atoms with Crippen molar-refractivity contribution in [3.8, 4) is 16.9 Å². The Balaban J connectivity index is 1.80. The van der Waals surface area contributed by atoms with Crippen LogP contribution in [0.25, 0.3) is 16.9 Å². The average molecular weight is 531 g/mol. The number of thioether (sulfide) groups is 1. The lowest BCUT2D eigenvalue weighted by atomic mass is 9.99. The van der Waals surface area contributed by atoms with Gasteiger partial charge in [0.2, 0.25) is 11.8 Å². The molecule has 6 nitrogen and oxygen atoms in total. The summed E-state index contributed by atoms with van der Waals surface area (Å²) in [4.78, 5) is 28.2. The maximum absolute atomic E-state index is 13.6. The number of nitrogens with zero attached hydrogens (tertiary/aromatic N) is 3. The van der Waals surface area contributed by atoms with Gasteiger partial charge in [0.1, 0.15) is 12.4 Å². The van der Waals surface area contributed by atoms with Gasteiger partial charge in [-0.05, 0) is 37.6 Å². The van der Waals surface area contributed by atoms with Crippen molar-refractivity contribution < 1.29 is 9.59 Å². The van der Waals surface area contributed by atoms with Gasteiger partial charge >= 0.3 is 0 Å². The van der Waals surface area contributed by atoms with E-state index in [1.807, 2.05) is 98.8 Å². The number of nitrogens with one attached hydrogen (secondary N) is 1. The summed E-state index contributed by atoms with van der Waals surface area (Å²) in [5.74, 6) is 0.403. The molecule has 5 rings (SSSR count). The highest BCUT2D eigenvalue weighted by Crippen LogP contribution is 2.49. The van der Waals surface area contributed by atoms with Crippen molar-refractivity contribution in [2.24, 2.45) is 0 Å². The highest BCUT2D eigenvalue weighted by molar-refractivity contribution is 8.00. The number of benzene rings is 3. The fourth-order valence-electron chi connectivity index (χ4n) is 4.52. The summed E-state index contributed by atoms with van der Waals surface area (Å²) < 4.78 is 1.79. The summed E-state index contributed by atoms with van der Waals surface area (Å²) in [7, 11) is 0. The van der Waals surface area contributed by atoms with Crippen molar-refractivity contribution in [2.75, 3.05) is 17.2 Å². The molecule has 1 aliphatic heterocycles. The monoisotopic (exact) mass is 530 g/mol. The van der Waals surface area contributed by atoms with Crippen molar-refractivity contribution in [1.82, 2.24) is 15.1 Å². The van der Waals surface area contributed by atoms with Gasteiger partial charge in [0.05, 0.1) is 22.4 Å². The molecule has 0 bridgehead atoms. The molecule has 1 aliphatic rings. The first kappa shape index (κ1) is 25.1. The molecule has 0 fully saturated rings. The van der Waals surface area contributed by atoms with Crippen LogP contribution in [0.3, 0.4) is 0 Å². The first-order valence-corrected chi connectivity index (χ1v) is 13.6. The Hall–Kier alpha value is -3.55. The van der Waals surface area contributed by atoms with Crippen LogP contribution in [0.4, 0.5) is 5.82 Å². The van der Waals surface area contributed by atoms with Crippen LogP contribution in [0.2, 0.25) is 5.02 Å². The molecule has 1 atom stereocenters. The minimum absolute atomic E-state index is 0.0433. The lowest BCUT2D eigenvalue weighted by Gasteiger charge is -2.24. The van der Waals surface area contributed by atoms with Crippen LogP contribution in [0.5, 0.6) is 0 Å². The van der Waals surface area contributed by atoms with Gasteiger partial charge < -0.3 is 5.32 Å². The number of anilines is 1. The highest BCUT2D eigenvalue weighted by atomic mass is 35.5. The third-order valence-electron chi connectivity index (χ3n) is 6.08. The normalized spacial score (nSPS) is 15.4. The smallest absolute Gasteiger partial charge is 0.240 e. The van der Waals surface area contributed by atoms with Gasteiger partial charge in [0.25, 0.3) is 0 Å². The zero-order valence-electron chi connectivity index (χ0n) is 20.6. The number of halogens is 1. The quantitative estimate of drug-likeness (QED) is 0.338. The fourth-order valence-corrected chi connectivity index (χ4v) is 6.07. The van der Waals surface area contributed by atoms with E-state index in [0.717, 1.165) is 28.1 Å². The first-order valence-electron chi connectivity index (χ1n) is 12.1. The van der Waals surface area contributed by atoms with E-state index in [0.29, 0.717) is 10.8 Å². The van der Waals surface area contributed by atoms with Crippen molar-refractivity contribution in [1.29, 1.82) is 0 Å². The molecule has 0 saturated heterocycles. The van der Waals surface area contributed by atoms with Crippen LogP contribution in [0.15, 0.2) is 84.9 Å². The molecule has 0 aliphatic carbocycles. The second-order valence-corrected chi connectivity index (χ2v) is 10.6. The van der Waals surface area contributed by atoms with E-state index >= 15 is 0 Å². The summed E-state index contributed by atoms with van der Waals surface area (Å²) in [6.45, 7) is 3.70. The number of para-hydroxylation sites is 1. The second kappa shape index (κ2) is 10.8. The Morgan fingerprint density at radius 3 is 2.35 bits per heavy atom. The zero-order chi connectivity index (χ0) is 25.9. The summed E-state index contributed by atoms with van der Waals surface area (Å²) >= 11 is 8.21. The Bertz CT molecular complexity index is 1420. The maximum atomic E-state index is 13.6. The molecule has 1 N–H and O–H groups in total. The van der Waals surface area contributed by atoms with Crippen molar-refractivity contribution in [3.63, 3.8) is 0 Å². The minimum atomic E-state index is -0.265. The number of carbonyl (C=O) groups excluding carboxylic acids is 2. The van der Waals surface area contributed by atoms with Gasteiger partial charge in [-0.2, -0.15) is 5.10 Å². The SMILES string of the molecule is CC(C)NC(=O)CN1C(=O)CS[C@@H](c2ccccc2Cl)c2c(-c3ccccc3)nn(-c3ccccc3)c21. The highest BCUT2D eigenvalue weighted by Gasteiger charge is 2.38. The van der Waals surface area contributed by atoms with Gasteiger partial charge in [0.15, 0.2) is 0 Å². The molecule has 0 saturated carbocycles. The Kier molecular flexibility index (Phi) is 7.35. The lowest BCUT2D eigenvalue weighted by Crippen LogP contribution is -2.44. The van der Waals surface area contributed by atoms with E-state index in [-0.39, 0.29) is 35.4 Å².